The Morgan fingerprint density at radius 3 is 2.62 bits per heavy atom. The number of sulfonamides is 1. The van der Waals surface area contributed by atoms with E-state index >= 15 is 0 Å². The van der Waals surface area contributed by atoms with E-state index in [0.29, 0.717) is 35.6 Å². The Morgan fingerprint density at radius 2 is 1.97 bits per heavy atom. The maximum Gasteiger partial charge on any atom is 0.274 e. The van der Waals surface area contributed by atoms with Crippen molar-refractivity contribution >= 4 is 20.9 Å². The Bertz CT molecular complexity index is 1300. The number of aliphatic hydroxyl groups is 1. The van der Waals surface area contributed by atoms with Crippen LogP contribution in [0.5, 0.6) is 5.75 Å². The molecule has 0 amide bonds. The van der Waals surface area contributed by atoms with Gasteiger partial charge in [0.15, 0.2) is 0 Å². The Morgan fingerprint density at radius 1 is 1.21 bits per heavy atom. The Labute approximate surface area is 199 Å². The standard InChI is InChI=1S/C23H32N4O6S/c1-5-7-19-18-15-20(24-23(29)22(18)26(3)25-19)17-14-16(8-9-21(17)33-6-2)34(30,31)27(10-12-28)11-13-32-4/h8-9,14-15,28H,5-7,10-13H2,1-4H3,(H,24,29). The summed E-state index contributed by atoms with van der Waals surface area (Å²) in [5, 5.41) is 14.6. The van der Waals surface area contributed by atoms with Crippen LogP contribution in [0, 0.1) is 0 Å². The van der Waals surface area contributed by atoms with Crippen LogP contribution in [-0.2, 0) is 28.2 Å². The number of methoxy groups -OCH3 is 1. The van der Waals surface area contributed by atoms with Crippen LogP contribution >= 0.6 is 0 Å². The maximum absolute atomic E-state index is 13.3. The number of nitrogens with zero attached hydrogens (tertiary/aromatic N) is 3. The van der Waals surface area contributed by atoms with Gasteiger partial charge in [-0.25, -0.2) is 8.42 Å². The fraction of sp³-hybridized carbons (Fsp3) is 0.478. The van der Waals surface area contributed by atoms with Gasteiger partial charge in [-0.2, -0.15) is 9.40 Å². The largest absolute Gasteiger partial charge is 0.493 e. The van der Waals surface area contributed by atoms with Gasteiger partial charge in [0.25, 0.3) is 5.56 Å². The van der Waals surface area contributed by atoms with E-state index < -0.39 is 10.0 Å². The molecule has 2 N–H and O–H groups in total. The number of nitrogens with one attached hydrogen (secondary N) is 1. The monoisotopic (exact) mass is 492 g/mol. The average molecular weight is 493 g/mol. The molecule has 0 unspecified atom stereocenters. The van der Waals surface area contributed by atoms with Crippen molar-refractivity contribution < 1.29 is 23.0 Å². The molecule has 0 spiro atoms. The average Bonchev–Trinajstić information content (AvgIpc) is 3.12. The number of benzene rings is 1. The lowest BCUT2D eigenvalue weighted by molar-refractivity contribution is 0.168. The SMILES string of the molecule is CCCc1nn(C)c2c(=O)[nH]c(-c3cc(S(=O)(=O)N(CCO)CCOC)ccc3OCC)cc12. The Balaban J connectivity index is 2.20. The molecule has 0 aliphatic rings. The van der Waals surface area contributed by atoms with Crippen molar-refractivity contribution in [2.75, 3.05) is 40.0 Å². The van der Waals surface area contributed by atoms with E-state index in [4.69, 9.17) is 9.47 Å². The predicted octanol–water partition coefficient (Wildman–Crippen LogP) is 1.91. The predicted molar refractivity (Wildman–Crippen MR) is 130 cm³/mol. The molecule has 11 heteroatoms. The molecule has 10 nitrogen and oxygen atoms in total. The minimum Gasteiger partial charge on any atom is -0.493 e. The molecule has 0 atom stereocenters. The number of pyridine rings is 1. The molecule has 34 heavy (non-hydrogen) atoms. The lowest BCUT2D eigenvalue weighted by atomic mass is 10.1. The van der Waals surface area contributed by atoms with Crippen molar-refractivity contribution in [3.63, 3.8) is 0 Å². The van der Waals surface area contributed by atoms with Crippen LogP contribution < -0.4 is 10.3 Å². The van der Waals surface area contributed by atoms with Gasteiger partial charge in [0.2, 0.25) is 10.0 Å². The minimum atomic E-state index is -3.93. The summed E-state index contributed by atoms with van der Waals surface area (Å²) in [6, 6.07) is 6.35. The number of hydrogen-bond donors (Lipinski definition) is 2. The van der Waals surface area contributed by atoms with E-state index in [1.807, 2.05) is 19.9 Å². The van der Waals surface area contributed by atoms with Crippen molar-refractivity contribution in [2.24, 2.45) is 7.05 Å². The normalized spacial score (nSPS) is 12.1. The number of rotatable bonds is 12. The van der Waals surface area contributed by atoms with Crippen molar-refractivity contribution in [1.29, 1.82) is 0 Å². The van der Waals surface area contributed by atoms with Gasteiger partial charge in [-0.15, -0.1) is 0 Å². The minimum absolute atomic E-state index is 0.0245. The van der Waals surface area contributed by atoms with Gasteiger partial charge in [-0.05, 0) is 37.6 Å². The van der Waals surface area contributed by atoms with Crippen LogP contribution in [0.4, 0.5) is 0 Å². The fourth-order valence-electron chi connectivity index (χ4n) is 3.91. The van der Waals surface area contributed by atoms with Crippen LogP contribution in [0.2, 0.25) is 0 Å². The second-order valence-electron chi connectivity index (χ2n) is 7.81. The highest BCUT2D eigenvalue weighted by atomic mass is 32.2. The number of ether oxygens (including phenoxy) is 2. The summed E-state index contributed by atoms with van der Waals surface area (Å²) in [6.45, 7) is 4.14. The maximum atomic E-state index is 13.3. The topological polar surface area (TPSA) is 127 Å². The third-order valence-electron chi connectivity index (χ3n) is 5.47. The number of hydrogen-bond acceptors (Lipinski definition) is 7. The first-order valence-corrected chi connectivity index (χ1v) is 12.7. The summed E-state index contributed by atoms with van der Waals surface area (Å²) in [5.41, 5.74) is 1.84. The summed E-state index contributed by atoms with van der Waals surface area (Å²) in [5.74, 6) is 0.447. The molecule has 0 fully saturated rings. The molecular weight excluding hydrogens is 460 g/mol. The van der Waals surface area contributed by atoms with Crippen molar-refractivity contribution in [3.8, 4) is 17.0 Å². The molecule has 1 aromatic carbocycles. The van der Waals surface area contributed by atoms with Gasteiger partial charge in [-0.1, -0.05) is 13.3 Å². The highest BCUT2D eigenvalue weighted by Gasteiger charge is 2.26. The quantitative estimate of drug-likeness (QED) is 0.395. The highest BCUT2D eigenvalue weighted by Crippen LogP contribution is 2.33. The van der Waals surface area contributed by atoms with Gasteiger partial charge in [0.05, 0.1) is 36.1 Å². The van der Waals surface area contributed by atoms with Crippen LogP contribution in [0.15, 0.2) is 34.0 Å². The Kier molecular flexibility index (Phi) is 8.47. The first-order chi connectivity index (χ1) is 16.3. The molecule has 186 valence electrons. The van der Waals surface area contributed by atoms with E-state index in [1.54, 1.807) is 17.8 Å². The zero-order valence-electron chi connectivity index (χ0n) is 20.0. The molecule has 3 rings (SSSR count). The van der Waals surface area contributed by atoms with Gasteiger partial charge in [0, 0.05) is 38.2 Å². The molecule has 3 aromatic rings. The first-order valence-electron chi connectivity index (χ1n) is 11.2. The zero-order valence-corrected chi connectivity index (χ0v) is 20.8. The van der Waals surface area contributed by atoms with Crippen molar-refractivity contribution in [3.05, 3.63) is 40.3 Å². The molecular formula is C23H32N4O6S. The van der Waals surface area contributed by atoms with Gasteiger partial charge in [0.1, 0.15) is 11.3 Å². The second kappa shape index (κ2) is 11.1. The third-order valence-corrected chi connectivity index (χ3v) is 7.37. The summed E-state index contributed by atoms with van der Waals surface area (Å²) >= 11 is 0. The smallest absolute Gasteiger partial charge is 0.274 e. The molecule has 0 aliphatic heterocycles. The summed E-state index contributed by atoms with van der Waals surface area (Å²) in [4.78, 5) is 15.8. The third kappa shape index (κ3) is 5.17. The van der Waals surface area contributed by atoms with Crippen LogP contribution in [0.3, 0.4) is 0 Å². The van der Waals surface area contributed by atoms with E-state index in [2.05, 4.69) is 10.1 Å². The summed E-state index contributed by atoms with van der Waals surface area (Å²) in [6.07, 6.45) is 1.58. The lowest BCUT2D eigenvalue weighted by Gasteiger charge is -2.22. The van der Waals surface area contributed by atoms with Gasteiger partial charge < -0.3 is 19.6 Å². The zero-order chi connectivity index (χ0) is 24.9. The summed E-state index contributed by atoms with van der Waals surface area (Å²) < 4.78 is 40.2. The molecule has 2 heterocycles. The van der Waals surface area contributed by atoms with E-state index in [0.717, 1.165) is 17.5 Å². The second-order valence-corrected chi connectivity index (χ2v) is 9.74. The van der Waals surface area contributed by atoms with Crippen molar-refractivity contribution in [2.45, 2.75) is 31.6 Å². The van der Waals surface area contributed by atoms with E-state index in [9.17, 15) is 18.3 Å². The van der Waals surface area contributed by atoms with Crippen LogP contribution in [0.25, 0.3) is 22.2 Å². The Hall–Kier alpha value is -2.73. The number of aromatic amines is 1. The first kappa shape index (κ1) is 25.9. The lowest BCUT2D eigenvalue weighted by Crippen LogP contribution is -2.36. The number of aryl methyl sites for hydroxylation is 2. The van der Waals surface area contributed by atoms with Gasteiger partial charge in [-0.3, -0.25) is 9.48 Å². The molecule has 2 aromatic heterocycles. The molecule has 0 saturated heterocycles. The molecule has 0 radical (unpaired) electrons. The van der Waals surface area contributed by atoms with Crippen molar-refractivity contribution in [1.82, 2.24) is 19.1 Å². The number of aliphatic hydroxyl groups excluding tert-OH is 1. The molecule has 0 bridgehead atoms. The van der Waals surface area contributed by atoms with Gasteiger partial charge >= 0.3 is 0 Å². The number of H-pyrrole nitrogens is 1. The van der Waals surface area contributed by atoms with E-state index in [1.165, 1.54) is 23.5 Å². The summed E-state index contributed by atoms with van der Waals surface area (Å²) in [7, 11) is -0.724. The number of aromatic nitrogens is 3. The highest BCUT2D eigenvalue weighted by molar-refractivity contribution is 7.89. The molecule has 0 aliphatic carbocycles. The van der Waals surface area contributed by atoms with E-state index in [-0.39, 0.29) is 36.8 Å². The molecule has 0 saturated carbocycles. The number of fused-ring (bicyclic) bond motifs is 1. The van der Waals surface area contributed by atoms with Crippen LogP contribution in [-0.4, -0.2) is 72.6 Å². The van der Waals surface area contributed by atoms with Crippen LogP contribution in [0.1, 0.15) is 26.0 Å². The fourth-order valence-corrected chi connectivity index (χ4v) is 5.35.